The lowest BCUT2D eigenvalue weighted by molar-refractivity contribution is 0.0521. The highest BCUT2D eigenvalue weighted by Crippen LogP contribution is 2.50. The molecule has 236 valence electrons. The molecule has 6 atom stereocenters. The number of aromatic nitrogens is 8. The van der Waals surface area contributed by atoms with E-state index in [1.807, 2.05) is 49.3 Å². The van der Waals surface area contributed by atoms with Crippen molar-refractivity contribution in [2.45, 2.75) is 50.2 Å². The number of nitrogens with zero attached hydrogens (tertiary/aromatic N) is 10. The van der Waals surface area contributed by atoms with Crippen molar-refractivity contribution < 1.29 is 10.2 Å². The molecule has 0 unspecified atom stereocenters. The molecule has 4 aliphatic rings. The minimum atomic E-state index is -0.720. The predicted molar refractivity (Wildman–Crippen MR) is 172 cm³/mol. The Bertz CT molecular complexity index is 2120. The van der Waals surface area contributed by atoms with E-state index >= 15 is 0 Å². The fraction of sp³-hybridized carbons (Fsp3) is 0.278. The Hall–Kier alpha value is -5.82. The van der Waals surface area contributed by atoms with Crippen molar-refractivity contribution in [2.24, 2.45) is 11.8 Å². The molecule has 0 amide bonds. The second-order valence-electron chi connectivity index (χ2n) is 12.8. The molecule has 2 N–H and O–H groups in total. The van der Waals surface area contributed by atoms with E-state index < -0.39 is 12.2 Å². The fourth-order valence-electron chi connectivity index (χ4n) is 8.49. The standard InChI is InChI=1S/2C18H15N5O/c2*19-7-11-8-21-23-6-5-14(18(24)16(11)23)17-13-4-2-1-3-12(13)15-9-20-10-22(15)17/h2*1-4,8-10,14,17-18,24H,5-6H2/t2*14-,17+,18-/m10/s1. The number of fused-ring (bicyclic) bond motifs is 8. The highest BCUT2D eigenvalue weighted by Gasteiger charge is 2.43. The molecule has 0 spiro atoms. The summed E-state index contributed by atoms with van der Waals surface area (Å²) in [7, 11) is 0. The first kappa shape index (κ1) is 28.4. The molecule has 10 rings (SSSR count). The summed E-state index contributed by atoms with van der Waals surface area (Å²) in [6.07, 6.45) is 10.7. The van der Waals surface area contributed by atoms with Crippen molar-refractivity contribution >= 4 is 0 Å². The van der Waals surface area contributed by atoms with Crippen molar-refractivity contribution in [3.63, 3.8) is 0 Å². The van der Waals surface area contributed by atoms with Crippen LogP contribution in [0.1, 0.15) is 70.8 Å². The van der Waals surface area contributed by atoms with Crippen LogP contribution in [0.15, 0.2) is 86.0 Å². The zero-order valence-corrected chi connectivity index (χ0v) is 25.7. The van der Waals surface area contributed by atoms with E-state index in [4.69, 9.17) is 0 Å². The molecule has 0 radical (unpaired) electrons. The molecule has 4 aliphatic heterocycles. The average Bonchev–Trinajstić information content (AvgIpc) is 3.96. The molecule has 0 aliphatic carbocycles. The van der Waals surface area contributed by atoms with Crippen LogP contribution >= 0.6 is 0 Å². The van der Waals surface area contributed by atoms with Gasteiger partial charge in [0.05, 0.1) is 83.4 Å². The van der Waals surface area contributed by atoms with E-state index in [0.717, 1.165) is 24.2 Å². The molecule has 0 bridgehead atoms. The smallest absolute Gasteiger partial charge is 0.103 e. The molecule has 0 saturated carbocycles. The van der Waals surface area contributed by atoms with Gasteiger partial charge in [0, 0.05) is 36.1 Å². The summed E-state index contributed by atoms with van der Waals surface area (Å²) < 4.78 is 7.82. The van der Waals surface area contributed by atoms with Crippen LogP contribution in [0.5, 0.6) is 0 Å². The molecule has 8 heterocycles. The maximum Gasteiger partial charge on any atom is 0.103 e. The minimum Gasteiger partial charge on any atom is -0.386 e. The van der Waals surface area contributed by atoms with E-state index in [0.29, 0.717) is 35.6 Å². The summed E-state index contributed by atoms with van der Waals surface area (Å²) in [4.78, 5) is 8.58. The van der Waals surface area contributed by atoms with Crippen LogP contribution in [0, 0.1) is 34.5 Å². The predicted octanol–water partition coefficient (Wildman–Crippen LogP) is 4.55. The maximum atomic E-state index is 11.0. The summed E-state index contributed by atoms with van der Waals surface area (Å²) in [5.41, 5.74) is 9.15. The topological polar surface area (TPSA) is 159 Å². The number of imidazole rings is 2. The lowest BCUT2D eigenvalue weighted by Gasteiger charge is -2.34. The molecular weight excluding hydrogens is 604 g/mol. The van der Waals surface area contributed by atoms with Crippen LogP contribution in [0.25, 0.3) is 22.5 Å². The van der Waals surface area contributed by atoms with Gasteiger partial charge < -0.3 is 19.3 Å². The lowest BCUT2D eigenvalue weighted by atomic mass is 9.82. The van der Waals surface area contributed by atoms with E-state index in [1.165, 1.54) is 22.3 Å². The summed E-state index contributed by atoms with van der Waals surface area (Å²) >= 11 is 0. The second-order valence-corrected chi connectivity index (χ2v) is 12.8. The van der Waals surface area contributed by atoms with Gasteiger partial charge in [0.15, 0.2) is 0 Å². The Kier molecular flexibility index (Phi) is 6.44. The zero-order chi connectivity index (χ0) is 32.5. The second kappa shape index (κ2) is 10.9. The van der Waals surface area contributed by atoms with Crippen molar-refractivity contribution in [3.05, 3.63) is 120 Å². The Labute approximate surface area is 275 Å². The zero-order valence-electron chi connectivity index (χ0n) is 25.7. The summed E-state index contributed by atoms with van der Waals surface area (Å²) in [6.45, 7) is 1.42. The molecule has 48 heavy (non-hydrogen) atoms. The van der Waals surface area contributed by atoms with Crippen LogP contribution in [-0.4, -0.2) is 48.9 Å². The molecule has 12 nitrogen and oxygen atoms in total. The highest BCUT2D eigenvalue weighted by atomic mass is 16.3. The Balaban J connectivity index is 0.000000131. The third kappa shape index (κ3) is 4.00. The number of nitriles is 2. The van der Waals surface area contributed by atoms with Gasteiger partial charge in [0.25, 0.3) is 0 Å². The van der Waals surface area contributed by atoms with E-state index in [2.05, 4.69) is 65.7 Å². The monoisotopic (exact) mass is 634 g/mol. The normalized spacial score (nSPS) is 24.1. The SMILES string of the molecule is N#Cc1cnn2c1[C@@H](O)[C@H]([C@H]1c3ccccc3-c3cncn31)CC2.N#Cc1cnn2c1[C@H](O)[C@@H]([C@@H]1c3ccccc3-c3cncn31)CC2. The van der Waals surface area contributed by atoms with Gasteiger partial charge in [-0.3, -0.25) is 9.36 Å². The Morgan fingerprint density at radius 1 is 0.625 bits per heavy atom. The highest BCUT2D eigenvalue weighted by molar-refractivity contribution is 5.70. The number of aliphatic hydroxyl groups is 2. The van der Waals surface area contributed by atoms with Crippen LogP contribution in [-0.2, 0) is 13.1 Å². The van der Waals surface area contributed by atoms with Crippen LogP contribution in [0.3, 0.4) is 0 Å². The molecule has 0 saturated heterocycles. The Morgan fingerprint density at radius 2 is 1.06 bits per heavy atom. The molecule has 12 heteroatoms. The molecule has 4 aromatic heterocycles. The Morgan fingerprint density at radius 3 is 1.50 bits per heavy atom. The van der Waals surface area contributed by atoms with Crippen LogP contribution < -0.4 is 0 Å². The van der Waals surface area contributed by atoms with Gasteiger partial charge in [-0.1, -0.05) is 48.5 Å². The number of rotatable bonds is 2. The molecule has 2 aromatic carbocycles. The number of hydrogen-bond donors (Lipinski definition) is 2. The van der Waals surface area contributed by atoms with Crippen LogP contribution in [0.2, 0.25) is 0 Å². The minimum absolute atomic E-state index is 0.0158. The summed E-state index contributed by atoms with van der Waals surface area (Å²) in [6, 6.07) is 20.9. The first-order valence-corrected chi connectivity index (χ1v) is 16.1. The van der Waals surface area contributed by atoms with Gasteiger partial charge >= 0.3 is 0 Å². The number of hydrogen-bond acceptors (Lipinski definition) is 8. The van der Waals surface area contributed by atoms with Crippen molar-refractivity contribution in [1.82, 2.24) is 38.7 Å². The van der Waals surface area contributed by atoms with Crippen LogP contribution in [0.4, 0.5) is 0 Å². The van der Waals surface area contributed by atoms with Gasteiger partial charge in [-0.25, -0.2) is 9.97 Å². The summed E-state index contributed by atoms with van der Waals surface area (Å²) in [5, 5.41) is 49.1. The van der Waals surface area contributed by atoms with Gasteiger partial charge in [-0.15, -0.1) is 0 Å². The number of benzene rings is 2. The summed E-state index contributed by atoms with van der Waals surface area (Å²) in [5.74, 6) is -0.0317. The number of aliphatic hydroxyl groups excluding tert-OH is 2. The first-order valence-electron chi connectivity index (χ1n) is 16.1. The third-order valence-electron chi connectivity index (χ3n) is 10.6. The van der Waals surface area contributed by atoms with Crippen molar-refractivity contribution in [3.8, 4) is 34.7 Å². The van der Waals surface area contributed by atoms with Crippen molar-refractivity contribution in [2.75, 3.05) is 0 Å². The lowest BCUT2D eigenvalue weighted by Crippen LogP contribution is -2.31. The molecule has 0 fully saturated rings. The van der Waals surface area contributed by atoms with Gasteiger partial charge in [0.2, 0.25) is 0 Å². The van der Waals surface area contributed by atoms with Crippen molar-refractivity contribution in [1.29, 1.82) is 10.5 Å². The van der Waals surface area contributed by atoms with Gasteiger partial charge in [-0.2, -0.15) is 20.7 Å². The average molecular weight is 635 g/mol. The first-order chi connectivity index (χ1) is 23.6. The van der Waals surface area contributed by atoms with E-state index in [-0.39, 0.29) is 23.9 Å². The van der Waals surface area contributed by atoms with Gasteiger partial charge in [-0.05, 0) is 24.0 Å². The van der Waals surface area contributed by atoms with E-state index in [9.17, 15) is 20.7 Å². The fourth-order valence-corrected chi connectivity index (χ4v) is 8.49. The number of aryl methyl sites for hydroxylation is 2. The quantitative estimate of drug-likeness (QED) is 0.281. The molecular formula is C36H30N10O2. The third-order valence-corrected chi connectivity index (χ3v) is 10.6. The maximum absolute atomic E-state index is 11.0. The van der Waals surface area contributed by atoms with Gasteiger partial charge in [0.1, 0.15) is 24.3 Å². The largest absolute Gasteiger partial charge is 0.386 e. The molecule has 6 aromatic rings. The van der Waals surface area contributed by atoms with E-state index in [1.54, 1.807) is 21.8 Å².